The molecule has 78 heavy (non-hydrogen) atoms. The zero-order valence-corrected chi connectivity index (χ0v) is 43.8. The zero-order chi connectivity index (χ0) is 52.4. The Morgan fingerprint density at radius 3 is 1.10 bits per heavy atom. The lowest BCUT2D eigenvalue weighted by Gasteiger charge is -2.21. The van der Waals surface area contributed by atoms with Crippen LogP contribution >= 0.6 is 0 Å². The van der Waals surface area contributed by atoms with E-state index >= 15 is 0 Å². The van der Waals surface area contributed by atoms with Crippen LogP contribution in [0.15, 0.2) is 243 Å². The van der Waals surface area contributed by atoms with Crippen LogP contribution in [0.2, 0.25) is 0 Å². The average Bonchev–Trinajstić information content (AvgIpc) is 4.01. The maximum atomic E-state index is 5.28. The summed E-state index contributed by atoms with van der Waals surface area (Å²) in [5, 5.41) is 4.73. The van der Waals surface area contributed by atoms with E-state index in [1.165, 1.54) is 66.1 Å². The van der Waals surface area contributed by atoms with E-state index in [4.69, 9.17) is 15.0 Å². The second-order valence-electron chi connectivity index (χ2n) is 20.7. The minimum absolute atomic E-state index is 0.587. The van der Waals surface area contributed by atoms with Gasteiger partial charge in [-0.05, 0) is 122 Å². The molecular formula is C72H52N6. The molecule has 10 aromatic carbocycles. The van der Waals surface area contributed by atoms with Gasteiger partial charge in [-0.3, -0.25) is 4.98 Å². The number of aromatic nitrogens is 6. The Labute approximate surface area is 453 Å². The standard InChI is InChI=1S/C72H52N6/c1-45-35-46(2)38-56(37-45)52-25-29-66-62(41-52)58-19-11-13-21-64(58)77(66)68-43-54(49-31-33-73-34-32-49)23-27-60(68)61-28-24-55(72-75-70(50-15-7-5-8-16-50)74-71(76-72)51-17-9-6-10-18-51)44-69(61)78-65-22-14-12-20-59(65)63-42-53(26-30-67(63)78)57-39-47(3)36-48(4)40-57/h5-44H,1-4H3. The quantitative estimate of drug-likeness (QED) is 0.145. The molecular weight excluding hydrogens is 949 g/mol. The molecule has 0 amide bonds. The first kappa shape index (κ1) is 46.5. The first-order valence-corrected chi connectivity index (χ1v) is 26.6. The van der Waals surface area contributed by atoms with Crippen LogP contribution in [-0.2, 0) is 0 Å². The van der Waals surface area contributed by atoms with Crippen LogP contribution in [-0.4, -0.2) is 29.1 Å². The van der Waals surface area contributed by atoms with Gasteiger partial charge in [-0.25, -0.2) is 15.0 Å². The third kappa shape index (κ3) is 8.22. The highest BCUT2D eigenvalue weighted by Gasteiger charge is 2.24. The second kappa shape index (κ2) is 19.0. The van der Waals surface area contributed by atoms with Crippen molar-refractivity contribution in [2.24, 2.45) is 0 Å². The molecule has 0 unspecified atom stereocenters. The van der Waals surface area contributed by atoms with Gasteiger partial charge in [0.05, 0.1) is 33.4 Å². The van der Waals surface area contributed by atoms with Gasteiger partial charge in [-0.15, -0.1) is 0 Å². The molecule has 0 N–H and O–H groups in total. The highest BCUT2D eigenvalue weighted by Crippen LogP contribution is 2.45. The number of para-hydroxylation sites is 2. The summed E-state index contributed by atoms with van der Waals surface area (Å²) < 4.78 is 4.93. The SMILES string of the molecule is Cc1cc(C)cc(-c2ccc3c(c2)c2ccccc2n3-c2cc(-c3ccncc3)ccc2-c2ccc(-c3nc(-c4ccccc4)nc(-c4ccccc4)n3)cc2-n2c3ccccc3c3cc(-c4cc(C)cc(C)c4)ccc32)c1. The van der Waals surface area contributed by atoms with E-state index in [2.05, 4.69) is 236 Å². The van der Waals surface area contributed by atoms with Crippen molar-refractivity contribution in [3.05, 3.63) is 265 Å². The number of benzene rings is 10. The fourth-order valence-corrected chi connectivity index (χ4v) is 11.8. The molecule has 4 heterocycles. The second-order valence-corrected chi connectivity index (χ2v) is 20.7. The first-order valence-electron chi connectivity index (χ1n) is 26.6. The third-order valence-corrected chi connectivity index (χ3v) is 15.2. The number of nitrogens with zero attached hydrogens (tertiary/aromatic N) is 6. The van der Waals surface area contributed by atoms with Crippen LogP contribution in [0.3, 0.4) is 0 Å². The van der Waals surface area contributed by atoms with Crippen molar-refractivity contribution in [2.45, 2.75) is 27.7 Å². The highest BCUT2D eigenvalue weighted by molar-refractivity contribution is 6.13. The van der Waals surface area contributed by atoms with Crippen molar-refractivity contribution in [1.82, 2.24) is 29.1 Å². The summed E-state index contributed by atoms with van der Waals surface area (Å²) in [6.45, 7) is 8.70. The highest BCUT2D eigenvalue weighted by atomic mass is 15.0. The minimum atomic E-state index is 0.587. The largest absolute Gasteiger partial charge is 0.309 e. The van der Waals surface area contributed by atoms with Gasteiger partial charge < -0.3 is 9.13 Å². The van der Waals surface area contributed by atoms with Gasteiger partial charge in [-0.1, -0.05) is 192 Å². The molecule has 0 aliphatic heterocycles. The smallest absolute Gasteiger partial charge is 0.164 e. The van der Waals surface area contributed by atoms with Crippen molar-refractivity contribution in [3.8, 4) is 90.0 Å². The van der Waals surface area contributed by atoms with Crippen molar-refractivity contribution < 1.29 is 0 Å². The topological polar surface area (TPSA) is 61.4 Å². The Balaban J connectivity index is 1.07. The van der Waals surface area contributed by atoms with Gasteiger partial charge in [-0.2, -0.15) is 0 Å². The molecule has 6 nitrogen and oxygen atoms in total. The molecule has 0 bridgehead atoms. The van der Waals surface area contributed by atoms with Gasteiger partial charge in [0.1, 0.15) is 0 Å². The van der Waals surface area contributed by atoms with Gasteiger partial charge in [0.25, 0.3) is 0 Å². The Kier molecular flexibility index (Phi) is 11.3. The number of hydrogen-bond acceptors (Lipinski definition) is 4. The van der Waals surface area contributed by atoms with Crippen LogP contribution in [0, 0.1) is 27.7 Å². The fourth-order valence-electron chi connectivity index (χ4n) is 11.8. The molecule has 6 heteroatoms. The monoisotopic (exact) mass is 1000 g/mol. The molecule has 14 rings (SSSR count). The molecule has 0 saturated carbocycles. The average molecular weight is 1000 g/mol. The van der Waals surface area contributed by atoms with E-state index in [1.54, 1.807) is 0 Å². The lowest BCUT2D eigenvalue weighted by molar-refractivity contribution is 1.07. The lowest BCUT2D eigenvalue weighted by atomic mass is 9.95. The van der Waals surface area contributed by atoms with E-state index in [0.717, 1.165) is 72.4 Å². The molecule has 0 spiro atoms. The van der Waals surface area contributed by atoms with Crippen molar-refractivity contribution in [1.29, 1.82) is 0 Å². The minimum Gasteiger partial charge on any atom is -0.309 e. The van der Waals surface area contributed by atoms with Crippen molar-refractivity contribution in [2.75, 3.05) is 0 Å². The van der Waals surface area contributed by atoms with Crippen LogP contribution in [0.4, 0.5) is 0 Å². The van der Waals surface area contributed by atoms with E-state index in [1.807, 2.05) is 48.8 Å². The van der Waals surface area contributed by atoms with Gasteiger partial charge in [0.15, 0.2) is 17.5 Å². The van der Waals surface area contributed by atoms with E-state index in [9.17, 15) is 0 Å². The lowest BCUT2D eigenvalue weighted by Crippen LogP contribution is -2.04. The van der Waals surface area contributed by atoms with E-state index < -0.39 is 0 Å². The number of fused-ring (bicyclic) bond motifs is 6. The molecule has 0 radical (unpaired) electrons. The molecule has 0 saturated heterocycles. The third-order valence-electron chi connectivity index (χ3n) is 15.2. The Hall–Kier alpha value is -10.0. The Morgan fingerprint density at radius 2 is 0.628 bits per heavy atom. The van der Waals surface area contributed by atoms with Gasteiger partial charge >= 0.3 is 0 Å². The summed E-state index contributed by atoms with van der Waals surface area (Å²) in [6.07, 6.45) is 3.74. The number of pyridine rings is 1. The summed E-state index contributed by atoms with van der Waals surface area (Å²) >= 11 is 0. The fraction of sp³-hybridized carbons (Fsp3) is 0.0556. The van der Waals surface area contributed by atoms with Crippen molar-refractivity contribution >= 4 is 43.6 Å². The molecule has 0 aliphatic rings. The molecule has 4 aromatic heterocycles. The number of hydrogen-bond donors (Lipinski definition) is 0. The summed E-state index contributed by atoms with van der Waals surface area (Å²) in [6, 6.07) is 83.4. The van der Waals surface area contributed by atoms with Gasteiger partial charge in [0.2, 0.25) is 0 Å². The zero-order valence-electron chi connectivity index (χ0n) is 43.8. The predicted molar refractivity (Wildman–Crippen MR) is 323 cm³/mol. The summed E-state index contributed by atoms with van der Waals surface area (Å²) in [5.41, 5.74) is 23.3. The van der Waals surface area contributed by atoms with Crippen LogP contribution in [0.5, 0.6) is 0 Å². The van der Waals surface area contributed by atoms with Crippen LogP contribution < -0.4 is 0 Å². The molecule has 0 atom stereocenters. The maximum absolute atomic E-state index is 5.28. The normalized spacial score (nSPS) is 11.6. The van der Waals surface area contributed by atoms with Crippen LogP contribution in [0.1, 0.15) is 22.3 Å². The molecule has 14 aromatic rings. The molecule has 370 valence electrons. The number of rotatable bonds is 9. The van der Waals surface area contributed by atoms with E-state index in [-0.39, 0.29) is 0 Å². The van der Waals surface area contributed by atoms with Gasteiger partial charge in [0, 0.05) is 61.8 Å². The maximum Gasteiger partial charge on any atom is 0.164 e. The summed E-state index contributed by atoms with van der Waals surface area (Å²) in [7, 11) is 0. The summed E-state index contributed by atoms with van der Waals surface area (Å²) in [4.78, 5) is 20.0. The van der Waals surface area contributed by atoms with Crippen molar-refractivity contribution in [3.63, 3.8) is 0 Å². The van der Waals surface area contributed by atoms with E-state index in [0.29, 0.717) is 17.5 Å². The first-order chi connectivity index (χ1) is 38.3. The number of aryl methyl sites for hydroxylation is 4. The molecule has 0 aliphatic carbocycles. The molecule has 0 fully saturated rings. The summed E-state index contributed by atoms with van der Waals surface area (Å²) in [5.74, 6) is 1.81. The van der Waals surface area contributed by atoms with Crippen LogP contribution in [0.25, 0.3) is 134 Å². The Morgan fingerprint density at radius 1 is 0.256 bits per heavy atom. The predicted octanol–water partition coefficient (Wildman–Crippen LogP) is 18.4. The Bertz CT molecular complexity index is 4550.